The van der Waals surface area contributed by atoms with Gasteiger partial charge in [-0.15, -0.1) is 0 Å². The minimum atomic E-state index is -1.22. The first-order chi connectivity index (χ1) is 23.4. The second-order valence-electron chi connectivity index (χ2n) is 11.5. The Kier molecular flexibility index (Phi) is 9.65. The molecule has 4 aromatic rings. The van der Waals surface area contributed by atoms with Gasteiger partial charge in [-0.3, -0.25) is 14.4 Å². The summed E-state index contributed by atoms with van der Waals surface area (Å²) in [6, 6.07) is 26.4. The second kappa shape index (κ2) is 14.4. The lowest BCUT2D eigenvalue weighted by Gasteiger charge is -2.40. The highest BCUT2D eigenvalue weighted by Gasteiger charge is 2.44. The number of benzene rings is 4. The van der Waals surface area contributed by atoms with Gasteiger partial charge in [-0.05, 0) is 72.3 Å². The molecule has 2 N–H and O–H groups in total. The molecule has 7 aliphatic heterocycles. The zero-order chi connectivity index (χ0) is 33.5. The molecule has 3 amide bonds. The predicted molar refractivity (Wildman–Crippen MR) is 177 cm³/mol. The summed E-state index contributed by atoms with van der Waals surface area (Å²) >= 11 is 0. The van der Waals surface area contributed by atoms with Gasteiger partial charge in [0.15, 0.2) is 28.6 Å². The van der Waals surface area contributed by atoms with E-state index in [9.17, 15) is 14.4 Å². The van der Waals surface area contributed by atoms with Crippen molar-refractivity contribution in [3.63, 3.8) is 0 Å². The van der Waals surface area contributed by atoms with Crippen molar-refractivity contribution in [1.82, 2.24) is 15.5 Å². The van der Waals surface area contributed by atoms with Crippen molar-refractivity contribution in [2.24, 2.45) is 0 Å². The molecular weight excluding hydrogens is 614 g/mol. The first-order valence-electron chi connectivity index (χ1n) is 15.7. The maximum Gasteiger partial charge on any atom is 0.264 e. The quantitative estimate of drug-likeness (QED) is 0.318. The van der Waals surface area contributed by atoms with Gasteiger partial charge in [-0.1, -0.05) is 24.3 Å². The van der Waals surface area contributed by atoms with Crippen LogP contribution in [0.25, 0.3) is 0 Å². The molecular formula is C37H37N3O8. The number of carbonyl (C=O) groups is 3. The first kappa shape index (κ1) is 32.2. The monoisotopic (exact) mass is 651 g/mol. The summed E-state index contributed by atoms with van der Waals surface area (Å²) < 4.78 is 29.6. The molecule has 1 spiro atoms. The van der Waals surface area contributed by atoms with Gasteiger partial charge in [-0.2, -0.15) is 0 Å². The maximum atomic E-state index is 14.0. The van der Waals surface area contributed by atoms with Crippen molar-refractivity contribution in [1.29, 1.82) is 0 Å². The Morgan fingerprint density at radius 3 is 2.17 bits per heavy atom. The number of hydrogen-bond acceptors (Lipinski definition) is 8. The van der Waals surface area contributed by atoms with Crippen molar-refractivity contribution in [3.8, 4) is 34.5 Å². The van der Waals surface area contributed by atoms with E-state index >= 15 is 0 Å². The van der Waals surface area contributed by atoms with E-state index in [1.807, 2.05) is 24.3 Å². The zero-order valence-corrected chi connectivity index (χ0v) is 26.8. The number of nitrogens with zero attached hydrogens (tertiary/aromatic N) is 1. The largest absolute Gasteiger partial charge is 0.493 e. The summed E-state index contributed by atoms with van der Waals surface area (Å²) in [6.07, 6.45) is 0.595. The summed E-state index contributed by atoms with van der Waals surface area (Å²) in [5.41, 5.74) is 0.564. The molecule has 0 aromatic heterocycles. The number of likely N-dealkylation sites (tertiary alicyclic amines) is 1. The minimum Gasteiger partial charge on any atom is -0.493 e. The van der Waals surface area contributed by atoms with Gasteiger partial charge < -0.3 is 39.2 Å². The molecule has 11 rings (SSSR count). The lowest BCUT2D eigenvalue weighted by atomic mass is 9.89. The molecule has 1 saturated heterocycles. The van der Waals surface area contributed by atoms with Crippen LogP contribution in [0.15, 0.2) is 91.0 Å². The van der Waals surface area contributed by atoms with Crippen LogP contribution in [-0.4, -0.2) is 68.7 Å². The summed E-state index contributed by atoms with van der Waals surface area (Å²) in [5, 5.41) is 5.90. The molecule has 248 valence electrons. The van der Waals surface area contributed by atoms with E-state index in [4.69, 9.17) is 23.7 Å². The molecule has 48 heavy (non-hydrogen) atoms. The van der Waals surface area contributed by atoms with Crippen LogP contribution in [0.2, 0.25) is 0 Å². The van der Waals surface area contributed by atoms with Crippen molar-refractivity contribution in [2.45, 2.75) is 25.0 Å². The number of carbonyl (C=O) groups excluding carboxylic acids is 3. The predicted octanol–water partition coefficient (Wildman–Crippen LogP) is 4.99. The van der Waals surface area contributed by atoms with Crippen molar-refractivity contribution < 1.29 is 38.1 Å². The third-order valence-corrected chi connectivity index (χ3v) is 8.41. The fourth-order valence-corrected chi connectivity index (χ4v) is 5.74. The SMILES string of the molecule is COc1cc2ccc1Oc1ccc(cc1OC)C(=O)NCCOc1ccc(cc1)OC1(CCN(C(=O)c3ccccc3)CC1)C(=O)NC2. The lowest BCUT2D eigenvalue weighted by Crippen LogP contribution is -2.58. The first-order valence-corrected chi connectivity index (χ1v) is 15.7. The van der Waals surface area contributed by atoms with Gasteiger partial charge in [0, 0.05) is 43.6 Å². The van der Waals surface area contributed by atoms with Gasteiger partial charge in [-0.25, -0.2) is 0 Å². The normalized spacial score (nSPS) is 16.2. The number of ether oxygens (including phenoxy) is 5. The molecule has 1 fully saturated rings. The number of amides is 3. The second-order valence-corrected chi connectivity index (χ2v) is 11.5. The smallest absolute Gasteiger partial charge is 0.264 e. The average Bonchev–Trinajstić information content (AvgIpc) is 3.13. The van der Waals surface area contributed by atoms with Gasteiger partial charge in [0.25, 0.3) is 17.7 Å². The van der Waals surface area contributed by atoms with E-state index in [-0.39, 0.29) is 37.4 Å². The van der Waals surface area contributed by atoms with Crippen LogP contribution >= 0.6 is 0 Å². The van der Waals surface area contributed by atoms with Crippen LogP contribution in [0.5, 0.6) is 34.5 Å². The molecule has 0 atom stereocenters. The van der Waals surface area contributed by atoms with Crippen molar-refractivity contribution >= 4 is 17.7 Å². The van der Waals surface area contributed by atoms with E-state index in [1.165, 1.54) is 14.2 Å². The number of methoxy groups -OCH3 is 2. The van der Waals surface area contributed by atoms with E-state index in [2.05, 4.69) is 10.6 Å². The Hall–Kier alpha value is -5.71. The Bertz CT molecular complexity index is 1770. The molecule has 7 heterocycles. The summed E-state index contributed by atoms with van der Waals surface area (Å²) in [4.78, 5) is 41.7. The van der Waals surface area contributed by atoms with Crippen LogP contribution in [0.4, 0.5) is 0 Å². The van der Waals surface area contributed by atoms with Crippen LogP contribution < -0.4 is 34.3 Å². The van der Waals surface area contributed by atoms with Crippen LogP contribution in [-0.2, 0) is 11.3 Å². The van der Waals surface area contributed by atoms with Crippen LogP contribution in [0.1, 0.15) is 39.1 Å². The Morgan fingerprint density at radius 2 is 1.46 bits per heavy atom. The van der Waals surface area contributed by atoms with Crippen LogP contribution in [0, 0.1) is 0 Å². The minimum absolute atomic E-state index is 0.0828. The van der Waals surface area contributed by atoms with E-state index in [1.54, 1.807) is 71.6 Å². The van der Waals surface area contributed by atoms with Crippen LogP contribution in [0.3, 0.4) is 0 Å². The Labute approximate surface area is 278 Å². The molecule has 11 nitrogen and oxygen atoms in total. The zero-order valence-electron chi connectivity index (χ0n) is 26.8. The Balaban J connectivity index is 1.27. The molecule has 7 aliphatic rings. The fourth-order valence-electron chi connectivity index (χ4n) is 5.74. The van der Waals surface area contributed by atoms with Gasteiger partial charge >= 0.3 is 0 Å². The molecule has 0 radical (unpaired) electrons. The average molecular weight is 652 g/mol. The Morgan fingerprint density at radius 1 is 0.792 bits per heavy atom. The standard InChI is InChI=1S/C37H37N3O8/c1-44-32-22-25-8-14-30(32)47-31-15-9-27(23-33(31)45-2)34(41)38-18-21-46-28-10-12-29(13-11-28)48-37(36(43)39-24-25)16-19-40(20-17-37)35(42)26-6-4-3-5-7-26/h3-15,22-23H,16-21,24H2,1-2H3,(H,38,41)(H,39,43). The van der Waals surface area contributed by atoms with Gasteiger partial charge in [0.05, 0.1) is 20.8 Å². The molecule has 4 aromatic carbocycles. The summed E-state index contributed by atoms with van der Waals surface area (Å²) in [7, 11) is 3.03. The summed E-state index contributed by atoms with van der Waals surface area (Å²) in [5.74, 6) is 2.07. The third-order valence-electron chi connectivity index (χ3n) is 8.41. The molecule has 0 unspecified atom stereocenters. The summed E-state index contributed by atoms with van der Waals surface area (Å²) in [6.45, 7) is 1.39. The van der Waals surface area contributed by atoms with Gasteiger partial charge in [0.1, 0.15) is 18.1 Å². The maximum absolute atomic E-state index is 14.0. The van der Waals surface area contributed by atoms with Crippen molar-refractivity contribution in [2.75, 3.05) is 40.5 Å². The highest BCUT2D eigenvalue weighted by molar-refractivity contribution is 5.95. The number of piperidine rings is 1. The topological polar surface area (TPSA) is 125 Å². The fraction of sp³-hybridized carbons (Fsp3) is 0.270. The van der Waals surface area contributed by atoms with E-state index < -0.39 is 5.60 Å². The number of hydrogen-bond donors (Lipinski definition) is 2. The molecule has 6 bridgehead atoms. The highest BCUT2D eigenvalue weighted by atomic mass is 16.5. The molecule has 0 aliphatic carbocycles. The van der Waals surface area contributed by atoms with Crippen molar-refractivity contribution in [3.05, 3.63) is 108 Å². The van der Waals surface area contributed by atoms with Gasteiger partial charge in [0.2, 0.25) is 0 Å². The number of nitrogens with one attached hydrogen (secondary N) is 2. The molecule has 0 saturated carbocycles. The highest BCUT2D eigenvalue weighted by Crippen LogP contribution is 2.38. The van der Waals surface area contributed by atoms with E-state index in [0.717, 1.165) is 5.56 Å². The number of rotatable bonds is 3. The lowest BCUT2D eigenvalue weighted by molar-refractivity contribution is -0.141. The molecule has 11 heteroatoms. The third kappa shape index (κ3) is 7.15. The van der Waals surface area contributed by atoms with E-state index in [0.29, 0.717) is 71.6 Å².